The third-order valence-electron chi connectivity index (χ3n) is 4.61. The quantitative estimate of drug-likeness (QED) is 0.367. The lowest BCUT2D eigenvalue weighted by molar-refractivity contribution is 0.816. The highest BCUT2D eigenvalue weighted by molar-refractivity contribution is 9.10. The monoisotopic (exact) mass is 401 g/mol. The molecule has 5 nitrogen and oxygen atoms in total. The number of halogens is 1. The van der Waals surface area contributed by atoms with Crippen molar-refractivity contribution in [3.05, 3.63) is 82.5 Å². The third-order valence-corrected chi connectivity index (χ3v) is 5.11. The van der Waals surface area contributed by atoms with E-state index in [0.717, 1.165) is 39.4 Å². The van der Waals surface area contributed by atoms with Gasteiger partial charge in [0.15, 0.2) is 11.5 Å². The molecule has 0 unspecified atom stereocenters. The van der Waals surface area contributed by atoms with Crippen LogP contribution < -0.4 is 0 Å². The summed E-state index contributed by atoms with van der Waals surface area (Å²) < 4.78 is 5.15. The molecule has 1 aliphatic heterocycles. The summed E-state index contributed by atoms with van der Waals surface area (Å²) in [7, 11) is 0. The summed E-state index contributed by atoms with van der Waals surface area (Å²) in [4.78, 5) is 7.95. The van der Waals surface area contributed by atoms with E-state index in [1.807, 2.05) is 35.0 Å². The molecule has 0 saturated heterocycles. The standard InChI is InChI=1S/C20H12BrN5/c1-22-17-5-2-13(3-6-17)14-9-19-20-23-12-24-26(20)18-7-4-16(21)8-15(18)11-25(19)10-14/h2-10,12H,11H2. The summed E-state index contributed by atoms with van der Waals surface area (Å²) in [5.41, 5.74) is 6.08. The average molecular weight is 402 g/mol. The van der Waals surface area contributed by atoms with E-state index in [-0.39, 0.29) is 0 Å². The van der Waals surface area contributed by atoms with Crippen molar-refractivity contribution in [1.29, 1.82) is 0 Å². The molecule has 2 aromatic carbocycles. The zero-order valence-corrected chi connectivity index (χ0v) is 15.2. The van der Waals surface area contributed by atoms with Gasteiger partial charge in [-0.3, -0.25) is 0 Å². The van der Waals surface area contributed by atoms with Crippen molar-refractivity contribution in [3.8, 4) is 28.3 Å². The molecule has 0 spiro atoms. The summed E-state index contributed by atoms with van der Waals surface area (Å²) in [5.74, 6) is 0.829. The van der Waals surface area contributed by atoms with Crippen LogP contribution in [0.4, 0.5) is 5.69 Å². The minimum atomic E-state index is 0.646. The molecule has 0 N–H and O–H groups in total. The SMILES string of the molecule is [C-]#[N+]c1ccc(-c2cc3n(c2)Cc2cc(Br)ccc2-n2ncnc2-3)cc1. The third kappa shape index (κ3) is 2.29. The normalized spacial score (nSPS) is 11.8. The first kappa shape index (κ1) is 15.1. The predicted octanol–water partition coefficient (Wildman–Crippen LogP) is 5.08. The topological polar surface area (TPSA) is 40.0 Å². The Kier molecular flexibility index (Phi) is 3.30. The van der Waals surface area contributed by atoms with Gasteiger partial charge in [-0.15, -0.1) is 0 Å². The van der Waals surface area contributed by atoms with E-state index in [4.69, 9.17) is 6.57 Å². The van der Waals surface area contributed by atoms with E-state index in [2.05, 4.69) is 59.8 Å². The van der Waals surface area contributed by atoms with Gasteiger partial charge in [0.2, 0.25) is 0 Å². The van der Waals surface area contributed by atoms with Crippen LogP contribution in [0.1, 0.15) is 5.56 Å². The number of benzene rings is 2. The van der Waals surface area contributed by atoms with Crippen molar-refractivity contribution in [2.75, 3.05) is 0 Å². The van der Waals surface area contributed by atoms with Gasteiger partial charge in [-0.25, -0.2) is 14.5 Å². The van der Waals surface area contributed by atoms with Crippen molar-refractivity contribution < 1.29 is 0 Å². The Balaban J connectivity index is 1.68. The molecule has 0 bridgehead atoms. The smallest absolute Gasteiger partial charge is 0.187 e. The molecule has 6 heteroatoms. The van der Waals surface area contributed by atoms with Gasteiger partial charge in [-0.2, -0.15) is 5.10 Å². The second kappa shape index (κ2) is 5.68. The van der Waals surface area contributed by atoms with Crippen LogP contribution in [0.2, 0.25) is 0 Å². The first-order valence-corrected chi connectivity index (χ1v) is 8.89. The highest BCUT2D eigenvalue weighted by atomic mass is 79.9. The van der Waals surface area contributed by atoms with Gasteiger partial charge in [-0.05, 0) is 35.4 Å². The van der Waals surface area contributed by atoms with Crippen LogP contribution in [-0.4, -0.2) is 19.3 Å². The first-order valence-electron chi connectivity index (χ1n) is 8.10. The summed E-state index contributed by atoms with van der Waals surface area (Å²) in [6, 6.07) is 16.0. The van der Waals surface area contributed by atoms with Gasteiger partial charge in [0.05, 0.1) is 18.0 Å². The van der Waals surface area contributed by atoms with Gasteiger partial charge in [0.1, 0.15) is 6.33 Å². The largest absolute Gasteiger partial charge is 0.340 e. The van der Waals surface area contributed by atoms with Crippen LogP contribution in [-0.2, 0) is 6.54 Å². The highest BCUT2D eigenvalue weighted by Crippen LogP contribution is 2.34. The maximum absolute atomic E-state index is 7.10. The Morgan fingerprint density at radius 2 is 1.88 bits per heavy atom. The molecule has 5 rings (SSSR count). The van der Waals surface area contributed by atoms with Gasteiger partial charge < -0.3 is 4.57 Å². The van der Waals surface area contributed by atoms with Crippen molar-refractivity contribution in [2.45, 2.75) is 6.54 Å². The van der Waals surface area contributed by atoms with E-state index in [1.54, 1.807) is 6.33 Å². The molecular weight excluding hydrogens is 390 g/mol. The lowest BCUT2D eigenvalue weighted by Crippen LogP contribution is -2.01. The van der Waals surface area contributed by atoms with E-state index in [0.29, 0.717) is 5.69 Å². The van der Waals surface area contributed by atoms with Crippen molar-refractivity contribution >= 4 is 21.6 Å². The minimum absolute atomic E-state index is 0.646. The predicted molar refractivity (Wildman–Crippen MR) is 103 cm³/mol. The summed E-state index contributed by atoms with van der Waals surface area (Å²) in [5, 5.41) is 4.44. The Morgan fingerprint density at radius 3 is 2.69 bits per heavy atom. The number of nitrogens with zero attached hydrogens (tertiary/aromatic N) is 5. The molecule has 0 amide bonds. The fourth-order valence-corrected chi connectivity index (χ4v) is 3.79. The van der Waals surface area contributed by atoms with E-state index in [9.17, 15) is 0 Å². The molecule has 0 radical (unpaired) electrons. The van der Waals surface area contributed by atoms with Crippen LogP contribution in [0.25, 0.3) is 33.2 Å². The van der Waals surface area contributed by atoms with E-state index in [1.165, 1.54) is 5.56 Å². The van der Waals surface area contributed by atoms with Crippen LogP contribution in [0.15, 0.2) is 65.5 Å². The lowest BCUT2D eigenvalue weighted by atomic mass is 10.1. The van der Waals surface area contributed by atoms with Gasteiger partial charge >= 0.3 is 0 Å². The van der Waals surface area contributed by atoms with Crippen LogP contribution in [0, 0.1) is 6.57 Å². The Bertz CT molecular complexity index is 1180. The van der Waals surface area contributed by atoms with E-state index < -0.39 is 0 Å². The molecule has 0 aliphatic carbocycles. The fraction of sp³-hybridized carbons (Fsp3) is 0.0500. The Morgan fingerprint density at radius 1 is 1.04 bits per heavy atom. The summed E-state index contributed by atoms with van der Waals surface area (Å²) in [6.45, 7) is 7.84. The van der Waals surface area contributed by atoms with Gasteiger partial charge in [-0.1, -0.05) is 40.2 Å². The number of fused-ring (bicyclic) bond motifs is 5. The molecule has 26 heavy (non-hydrogen) atoms. The number of hydrogen-bond donors (Lipinski definition) is 0. The van der Waals surface area contributed by atoms with Crippen LogP contribution >= 0.6 is 15.9 Å². The molecule has 0 atom stereocenters. The minimum Gasteiger partial charge on any atom is -0.340 e. The fourth-order valence-electron chi connectivity index (χ4n) is 3.38. The Hall–Kier alpha value is -3.17. The molecule has 4 aromatic rings. The molecule has 3 heterocycles. The van der Waals surface area contributed by atoms with Crippen molar-refractivity contribution in [3.63, 3.8) is 0 Å². The zero-order chi connectivity index (χ0) is 17.7. The second-order valence-corrected chi connectivity index (χ2v) is 7.08. The summed E-state index contributed by atoms with van der Waals surface area (Å²) >= 11 is 3.56. The molecule has 2 aromatic heterocycles. The number of rotatable bonds is 1. The number of hydrogen-bond acceptors (Lipinski definition) is 2. The highest BCUT2D eigenvalue weighted by Gasteiger charge is 2.22. The van der Waals surface area contributed by atoms with Gasteiger partial charge in [0.25, 0.3) is 0 Å². The maximum Gasteiger partial charge on any atom is 0.187 e. The maximum atomic E-state index is 7.10. The lowest BCUT2D eigenvalue weighted by Gasteiger charge is -2.08. The van der Waals surface area contributed by atoms with Crippen molar-refractivity contribution in [2.24, 2.45) is 0 Å². The number of aromatic nitrogens is 4. The summed E-state index contributed by atoms with van der Waals surface area (Å²) in [6.07, 6.45) is 3.73. The Labute approximate surface area is 158 Å². The molecule has 1 aliphatic rings. The van der Waals surface area contributed by atoms with Crippen molar-refractivity contribution in [1.82, 2.24) is 19.3 Å². The zero-order valence-electron chi connectivity index (χ0n) is 13.6. The van der Waals surface area contributed by atoms with Gasteiger partial charge in [0, 0.05) is 22.8 Å². The molecule has 124 valence electrons. The molecule has 0 saturated carbocycles. The van der Waals surface area contributed by atoms with Crippen LogP contribution in [0.5, 0.6) is 0 Å². The molecule has 0 fully saturated rings. The first-order chi connectivity index (χ1) is 12.7. The second-order valence-electron chi connectivity index (χ2n) is 6.17. The van der Waals surface area contributed by atoms with E-state index >= 15 is 0 Å². The van der Waals surface area contributed by atoms with Crippen LogP contribution in [0.3, 0.4) is 0 Å². The average Bonchev–Trinajstić information content (AvgIpc) is 3.27. The molecular formula is C20H12BrN5.